The highest BCUT2D eigenvalue weighted by molar-refractivity contribution is 9.10. The van der Waals surface area contributed by atoms with Crippen LogP contribution in [0.3, 0.4) is 0 Å². The molecule has 1 nitrogen and oxygen atoms in total. The van der Waals surface area contributed by atoms with E-state index in [1.807, 2.05) is 6.07 Å². The van der Waals surface area contributed by atoms with Crippen LogP contribution in [0.2, 0.25) is 0 Å². The fourth-order valence-electron chi connectivity index (χ4n) is 1.29. The van der Waals surface area contributed by atoms with Gasteiger partial charge in [-0.25, -0.2) is 4.39 Å². The average molecular weight is 260 g/mol. The van der Waals surface area contributed by atoms with E-state index in [0.29, 0.717) is 11.5 Å². The van der Waals surface area contributed by atoms with E-state index in [0.717, 1.165) is 10.0 Å². The van der Waals surface area contributed by atoms with Crippen LogP contribution in [0.1, 0.15) is 31.0 Å². The van der Waals surface area contributed by atoms with Crippen molar-refractivity contribution in [3.63, 3.8) is 0 Å². The standard InChI is InChI=1S/C11H15BrFN/c1-6(2)11(14)8-4-7(3)10(13)5-9(8)12/h4-6,11H,14H2,1-3H3. The SMILES string of the molecule is Cc1cc(C(N)C(C)C)c(Br)cc1F. The van der Waals surface area contributed by atoms with Crippen LogP contribution in [0.4, 0.5) is 4.39 Å². The van der Waals surface area contributed by atoms with Crippen LogP contribution in [0, 0.1) is 18.7 Å². The summed E-state index contributed by atoms with van der Waals surface area (Å²) in [5.74, 6) is 0.146. The molecular formula is C11H15BrFN. The van der Waals surface area contributed by atoms with Crippen LogP contribution in [0.15, 0.2) is 16.6 Å². The van der Waals surface area contributed by atoms with Crippen LogP contribution < -0.4 is 5.73 Å². The Labute approximate surface area is 92.6 Å². The van der Waals surface area contributed by atoms with E-state index in [1.54, 1.807) is 6.92 Å². The van der Waals surface area contributed by atoms with Crippen molar-refractivity contribution in [3.05, 3.63) is 33.5 Å². The zero-order chi connectivity index (χ0) is 10.9. The molecule has 0 aliphatic heterocycles. The summed E-state index contributed by atoms with van der Waals surface area (Å²) in [7, 11) is 0. The first-order chi connectivity index (χ1) is 6.43. The van der Waals surface area contributed by atoms with Crippen LogP contribution in [-0.4, -0.2) is 0 Å². The fourth-order valence-corrected chi connectivity index (χ4v) is 1.87. The van der Waals surface area contributed by atoms with E-state index in [1.165, 1.54) is 6.07 Å². The molecule has 14 heavy (non-hydrogen) atoms. The van der Waals surface area contributed by atoms with Crippen molar-refractivity contribution in [2.24, 2.45) is 11.7 Å². The first kappa shape index (κ1) is 11.7. The molecule has 0 bridgehead atoms. The van der Waals surface area contributed by atoms with Gasteiger partial charge in [0.05, 0.1) is 0 Å². The molecule has 1 atom stereocenters. The van der Waals surface area contributed by atoms with Crippen molar-refractivity contribution in [1.82, 2.24) is 0 Å². The lowest BCUT2D eigenvalue weighted by Crippen LogP contribution is -2.17. The second-order valence-corrected chi connectivity index (χ2v) is 4.75. The molecule has 0 fully saturated rings. The van der Waals surface area contributed by atoms with E-state index in [4.69, 9.17) is 5.73 Å². The zero-order valence-electron chi connectivity index (χ0n) is 8.64. The van der Waals surface area contributed by atoms with E-state index < -0.39 is 0 Å². The predicted octanol–water partition coefficient (Wildman–Crippen LogP) is 3.55. The Hall–Kier alpha value is -0.410. The smallest absolute Gasteiger partial charge is 0.127 e. The molecule has 0 aromatic heterocycles. The monoisotopic (exact) mass is 259 g/mol. The van der Waals surface area contributed by atoms with Gasteiger partial charge in [0.25, 0.3) is 0 Å². The third-order valence-electron chi connectivity index (χ3n) is 2.36. The second-order valence-electron chi connectivity index (χ2n) is 3.89. The van der Waals surface area contributed by atoms with Crippen molar-refractivity contribution in [2.75, 3.05) is 0 Å². The Morgan fingerprint density at radius 2 is 1.93 bits per heavy atom. The van der Waals surface area contributed by atoms with Crippen molar-refractivity contribution in [1.29, 1.82) is 0 Å². The van der Waals surface area contributed by atoms with Gasteiger partial charge >= 0.3 is 0 Å². The summed E-state index contributed by atoms with van der Waals surface area (Å²) in [6.45, 7) is 5.85. The molecule has 78 valence electrons. The lowest BCUT2D eigenvalue weighted by atomic mass is 9.96. The minimum atomic E-state index is -0.198. The molecule has 0 heterocycles. The lowest BCUT2D eigenvalue weighted by Gasteiger charge is -2.18. The highest BCUT2D eigenvalue weighted by atomic mass is 79.9. The summed E-state index contributed by atoms with van der Waals surface area (Å²) in [5.41, 5.74) is 7.61. The van der Waals surface area contributed by atoms with Crippen LogP contribution >= 0.6 is 15.9 Å². The van der Waals surface area contributed by atoms with Crippen molar-refractivity contribution < 1.29 is 4.39 Å². The number of halogens is 2. The van der Waals surface area contributed by atoms with E-state index >= 15 is 0 Å². The van der Waals surface area contributed by atoms with Gasteiger partial charge in [0.15, 0.2) is 0 Å². The van der Waals surface area contributed by atoms with Crippen LogP contribution in [0.5, 0.6) is 0 Å². The largest absolute Gasteiger partial charge is 0.324 e. The molecule has 1 rings (SSSR count). The van der Waals surface area contributed by atoms with Gasteiger partial charge in [0.1, 0.15) is 5.82 Å². The van der Waals surface area contributed by atoms with Crippen LogP contribution in [-0.2, 0) is 0 Å². The summed E-state index contributed by atoms with van der Waals surface area (Å²) >= 11 is 3.33. The van der Waals surface area contributed by atoms with Gasteiger partial charge < -0.3 is 5.73 Å². The molecule has 3 heteroatoms. The predicted molar refractivity (Wildman–Crippen MR) is 60.6 cm³/mol. The quantitative estimate of drug-likeness (QED) is 0.864. The molecule has 1 aromatic rings. The molecule has 2 N–H and O–H groups in total. The van der Waals surface area contributed by atoms with Gasteiger partial charge in [0, 0.05) is 10.5 Å². The second kappa shape index (κ2) is 4.41. The van der Waals surface area contributed by atoms with Crippen LogP contribution in [0.25, 0.3) is 0 Å². The van der Waals surface area contributed by atoms with Gasteiger partial charge in [-0.1, -0.05) is 35.8 Å². The van der Waals surface area contributed by atoms with Gasteiger partial charge in [-0.15, -0.1) is 0 Å². The topological polar surface area (TPSA) is 26.0 Å². The minimum absolute atomic E-state index is 0.0522. The molecule has 0 aliphatic carbocycles. The molecule has 0 spiro atoms. The maximum absolute atomic E-state index is 13.2. The molecule has 0 saturated heterocycles. The summed E-state index contributed by atoms with van der Waals surface area (Å²) < 4.78 is 13.9. The maximum atomic E-state index is 13.2. The number of aryl methyl sites for hydroxylation is 1. The summed E-state index contributed by atoms with van der Waals surface area (Å²) in [6, 6.07) is 3.24. The fraction of sp³-hybridized carbons (Fsp3) is 0.455. The van der Waals surface area contributed by atoms with E-state index in [-0.39, 0.29) is 11.9 Å². The van der Waals surface area contributed by atoms with Gasteiger partial charge in [-0.3, -0.25) is 0 Å². The summed E-state index contributed by atoms with van der Waals surface area (Å²) in [5, 5.41) is 0. The Morgan fingerprint density at radius 1 is 1.36 bits per heavy atom. The van der Waals surface area contributed by atoms with E-state index in [9.17, 15) is 4.39 Å². The molecular weight excluding hydrogens is 245 g/mol. The summed E-state index contributed by atoms with van der Waals surface area (Å²) in [6.07, 6.45) is 0. The molecule has 1 unspecified atom stereocenters. The average Bonchev–Trinajstić information content (AvgIpc) is 2.10. The molecule has 1 aromatic carbocycles. The first-order valence-electron chi connectivity index (χ1n) is 4.64. The number of nitrogens with two attached hydrogens (primary N) is 1. The Morgan fingerprint density at radius 3 is 2.43 bits per heavy atom. The highest BCUT2D eigenvalue weighted by Crippen LogP contribution is 2.28. The van der Waals surface area contributed by atoms with Gasteiger partial charge in [-0.2, -0.15) is 0 Å². The van der Waals surface area contributed by atoms with Crippen molar-refractivity contribution >= 4 is 15.9 Å². The van der Waals surface area contributed by atoms with Gasteiger partial charge in [0.2, 0.25) is 0 Å². The third kappa shape index (κ3) is 2.34. The number of rotatable bonds is 2. The van der Waals surface area contributed by atoms with Gasteiger partial charge in [-0.05, 0) is 30.0 Å². The highest BCUT2D eigenvalue weighted by Gasteiger charge is 2.15. The lowest BCUT2D eigenvalue weighted by molar-refractivity contribution is 0.510. The Kier molecular flexibility index (Phi) is 3.67. The zero-order valence-corrected chi connectivity index (χ0v) is 10.2. The molecule has 0 saturated carbocycles. The minimum Gasteiger partial charge on any atom is -0.324 e. The molecule has 0 radical (unpaired) electrons. The Bertz CT molecular complexity index is 336. The molecule has 0 aliphatic rings. The Balaban J connectivity index is 3.15. The number of benzene rings is 1. The third-order valence-corrected chi connectivity index (χ3v) is 3.04. The summed E-state index contributed by atoms with van der Waals surface area (Å²) in [4.78, 5) is 0. The number of hydrogen-bond donors (Lipinski definition) is 1. The van der Waals surface area contributed by atoms with E-state index in [2.05, 4.69) is 29.8 Å². The van der Waals surface area contributed by atoms with Crippen molar-refractivity contribution in [3.8, 4) is 0 Å². The molecule has 0 amide bonds. The number of hydrogen-bond acceptors (Lipinski definition) is 1. The normalized spacial score (nSPS) is 13.4. The first-order valence-corrected chi connectivity index (χ1v) is 5.44. The van der Waals surface area contributed by atoms with Crippen molar-refractivity contribution in [2.45, 2.75) is 26.8 Å². The maximum Gasteiger partial charge on any atom is 0.127 e.